The van der Waals surface area contributed by atoms with Gasteiger partial charge in [0.1, 0.15) is 0 Å². The summed E-state index contributed by atoms with van der Waals surface area (Å²) in [5.74, 6) is 0.751. The third-order valence-corrected chi connectivity index (χ3v) is 5.36. The molecule has 1 aliphatic heterocycles. The molecular formula is C19H27N5O2. The second-order valence-electron chi connectivity index (χ2n) is 7.37. The van der Waals surface area contributed by atoms with E-state index >= 15 is 0 Å². The maximum absolute atomic E-state index is 12.9. The van der Waals surface area contributed by atoms with Crippen LogP contribution in [-0.4, -0.2) is 54.0 Å². The van der Waals surface area contributed by atoms with Crippen molar-refractivity contribution in [3.8, 4) is 0 Å². The Morgan fingerprint density at radius 1 is 1.38 bits per heavy atom. The van der Waals surface area contributed by atoms with E-state index in [-0.39, 0.29) is 5.91 Å². The molecule has 7 nitrogen and oxygen atoms in total. The Bertz CT molecular complexity index is 806. The van der Waals surface area contributed by atoms with Crippen LogP contribution in [0.15, 0.2) is 6.07 Å². The average Bonchev–Trinajstić information content (AvgIpc) is 3.46. The number of pyridine rings is 1. The van der Waals surface area contributed by atoms with Gasteiger partial charge in [-0.2, -0.15) is 5.10 Å². The molecule has 1 unspecified atom stereocenters. The monoisotopic (exact) mass is 357 g/mol. The number of aryl methyl sites for hydroxylation is 1. The number of methoxy groups -OCH3 is 1. The lowest BCUT2D eigenvalue weighted by atomic mass is 9.92. The quantitative estimate of drug-likeness (QED) is 0.769. The normalized spacial score (nSPS) is 20.5. The predicted molar refractivity (Wildman–Crippen MR) is 99.5 cm³/mol. The van der Waals surface area contributed by atoms with Crippen LogP contribution in [0, 0.1) is 0 Å². The number of carbonyl (C=O) groups is 1. The molecule has 7 heteroatoms. The van der Waals surface area contributed by atoms with Crippen molar-refractivity contribution in [2.45, 2.75) is 37.5 Å². The molecule has 0 spiro atoms. The second kappa shape index (κ2) is 7.32. The maximum Gasteiger partial charge on any atom is 0.252 e. The Hall–Kier alpha value is -1.99. The average molecular weight is 357 g/mol. The number of nitrogens with one attached hydrogen (secondary N) is 2. The number of carbonyl (C=O) groups excluding carboxylic acids is 1. The van der Waals surface area contributed by atoms with E-state index in [0.29, 0.717) is 30.6 Å². The molecule has 4 rings (SSSR count). The van der Waals surface area contributed by atoms with E-state index in [0.717, 1.165) is 61.2 Å². The zero-order chi connectivity index (χ0) is 18.1. The van der Waals surface area contributed by atoms with Crippen LogP contribution in [0.5, 0.6) is 0 Å². The minimum atomic E-state index is -0.0608. The summed E-state index contributed by atoms with van der Waals surface area (Å²) in [6.45, 7) is 2.96. The number of fused-ring (bicyclic) bond motifs is 1. The van der Waals surface area contributed by atoms with Gasteiger partial charge in [0.15, 0.2) is 5.65 Å². The number of amides is 1. The minimum absolute atomic E-state index is 0.0608. The molecule has 1 atom stereocenters. The zero-order valence-electron chi connectivity index (χ0n) is 15.5. The predicted octanol–water partition coefficient (Wildman–Crippen LogP) is 1.69. The Morgan fingerprint density at radius 2 is 2.23 bits per heavy atom. The molecule has 1 saturated carbocycles. The van der Waals surface area contributed by atoms with Crippen molar-refractivity contribution in [1.29, 1.82) is 0 Å². The van der Waals surface area contributed by atoms with Crippen molar-refractivity contribution in [2.24, 2.45) is 7.05 Å². The lowest BCUT2D eigenvalue weighted by molar-refractivity contribution is 0.0938. The smallest absolute Gasteiger partial charge is 0.252 e. The van der Waals surface area contributed by atoms with Gasteiger partial charge in [-0.05, 0) is 38.3 Å². The lowest BCUT2D eigenvalue weighted by Crippen LogP contribution is -2.29. The van der Waals surface area contributed by atoms with E-state index in [4.69, 9.17) is 14.8 Å². The summed E-state index contributed by atoms with van der Waals surface area (Å²) >= 11 is 0. The van der Waals surface area contributed by atoms with Crippen molar-refractivity contribution in [3.05, 3.63) is 23.0 Å². The number of rotatable bonds is 6. The molecule has 2 aromatic rings. The molecule has 0 radical (unpaired) electrons. The highest BCUT2D eigenvalue weighted by atomic mass is 16.5. The van der Waals surface area contributed by atoms with Gasteiger partial charge in [-0.15, -0.1) is 0 Å². The molecular weight excluding hydrogens is 330 g/mol. The minimum Gasteiger partial charge on any atom is -0.383 e. The highest BCUT2D eigenvalue weighted by Gasteiger charge is 2.30. The maximum atomic E-state index is 12.9. The van der Waals surface area contributed by atoms with Crippen molar-refractivity contribution >= 4 is 16.9 Å². The van der Waals surface area contributed by atoms with E-state index in [2.05, 4.69) is 10.6 Å². The van der Waals surface area contributed by atoms with Crippen LogP contribution in [0.2, 0.25) is 0 Å². The van der Waals surface area contributed by atoms with Crippen molar-refractivity contribution in [2.75, 3.05) is 33.4 Å². The van der Waals surface area contributed by atoms with Gasteiger partial charge >= 0.3 is 0 Å². The number of nitrogens with zero attached hydrogens (tertiary/aromatic N) is 3. The summed E-state index contributed by atoms with van der Waals surface area (Å²) < 4.78 is 6.90. The molecule has 2 aromatic heterocycles. The summed E-state index contributed by atoms with van der Waals surface area (Å²) in [7, 11) is 3.57. The van der Waals surface area contributed by atoms with Crippen LogP contribution in [0.3, 0.4) is 0 Å². The van der Waals surface area contributed by atoms with Gasteiger partial charge in [-0.25, -0.2) is 4.98 Å². The van der Waals surface area contributed by atoms with Gasteiger partial charge in [0.2, 0.25) is 0 Å². The fourth-order valence-corrected chi connectivity index (χ4v) is 3.80. The topological polar surface area (TPSA) is 81.1 Å². The Morgan fingerprint density at radius 3 is 2.92 bits per heavy atom. The first-order chi connectivity index (χ1) is 12.7. The molecule has 1 aliphatic carbocycles. The van der Waals surface area contributed by atoms with E-state index < -0.39 is 0 Å². The van der Waals surface area contributed by atoms with Crippen LogP contribution in [0.1, 0.15) is 59.3 Å². The SMILES string of the molecule is COCCNC(=O)c1cc(C2CC2)nc2c1c(C1CCCNC1)nn2C. The van der Waals surface area contributed by atoms with Crippen LogP contribution in [0.4, 0.5) is 0 Å². The fourth-order valence-electron chi connectivity index (χ4n) is 3.80. The Balaban J connectivity index is 1.78. The van der Waals surface area contributed by atoms with Crippen LogP contribution >= 0.6 is 0 Å². The summed E-state index contributed by atoms with van der Waals surface area (Å²) in [5, 5.41) is 12.1. The number of aromatic nitrogens is 3. The lowest BCUT2D eigenvalue weighted by Gasteiger charge is -2.21. The molecule has 26 heavy (non-hydrogen) atoms. The summed E-state index contributed by atoms with van der Waals surface area (Å²) in [6, 6.07) is 1.99. The standard InChI is InChI=1S/C19H27N5O2/c1-24-18-16(17(23-24)13-4-3-7-20-11-13)14(19(25)21-8-9-26-2)10-15(22-18)12-5-6-12/h10,12-13,20H,3-9,11H2,1-2H3,(H,21,25). The molecule has 1 saturated heterocycles. The number of hydrogen-bond acceptors (Lipinski definition) is 5. The van der Waals surface area contributed by atoms with Crippen LogP contribution < -0.4 is 10.6 Å². The van der Waals surface area contributed by atoms with Crippen LogP contribution in [0.25, 0.3) is 11.0 Å². The molecule has 2 fully saturated rings. The molecule has 0 bridgehead atoms. The molecule has 0 aromatic carbocycles. The Labute approximate surface area is 153 Å². The molecule has 2 N–H and O–H groups in total. The first kappa shape index (κ1) is 17.4. The number of piperidine rings is 1. The molecule has 1 amide bonds. The zero-order valence-corrected chi connectivity index (χ0v) is 15.5. The van der Waals surface area contributed by atoms with E-state index in [9.17, 15) is 4.79 Å². The summed E-state index contributed by atoms with van der Waals surface area (Å²) in [5.41, 5.74) is 3.56. The first-order valence-electron chi connectivity index (χ1n) is 9.54. The van der Waals surface area contributed by atoms with Gasteiger partial charge in [0, 0.05) is 44.8 Å². The van der Waals surface area contributed by atoms with E-state index in [1.165, 1.54) is 0 Å². The number of ether oxygens (including phenoxy) is 1. The number of hydrogen-bond donors (Lipinski definition) is 2. The fraction of sp³-hybridized carbons (Fsp3) is 0.632. The largest absolute Gasteiger partial charge is 0.383 e. The van der Waals surface area contributed by atoms with Crippen molar-refractivity contribution < 1.29 is 9.53 Å². The van der Waals surface area contributed by atoms with Gasteiger partial charge in [-0.3, -0.25) is 9.48 Å². The first-order valence-corrected chi connectivity index (χ1v) is 9.54. The molecule has 3 heterocycles. The van der Waals surface area contributed by atoms with Gasteiger partial charge < -0.3 is 15.4 Å². The van der Waals surface area contributed by atoms with Crippen molar-refractivity contribution in [3.63, 3.8) is 0 Å². The third kappa shape index (κ3) is 3.33. The van der Waals surface area contributed by atoms with Gasteiger partial charge in [0.25, 0.3) is 5.91 Å². The highest BCUT2D eigenvalue weighted by molar-refractivity contribution is 6.06. The Kier molecular flexibility index (Phi) is 4.91. The highest BCUT2D eigenvalue weighted by Crippen LogP contribution is 2.41. The molecule has 140 valence electrons. The van der Waals surface area contributed by atoms with Crippen molar-refractivity contribution in [1.82, 2.24) is 25.4 Å². The second-order valence-corrected chi connectivity index (χ2v) is 7.37. The van der Waals surface area contributed by atoms with Gasteiger partial charge in [0.05, 0.1) is 23.3 Å². The van der Waals surface area contributed by atoms with E-state index in [1.807, 2.05) is 17.8 Å². The molecule has 2 aliphatic rings. The summed E-state index contributed by atoms with van der Waals surface area (Å²) in [6.07, 6.45) is 4.53. The van der Waals surface area contributed by atoms with E-state index in [1.54, 1.807) is 7.11 Å². The third-order valence-electron chi connectivity index (χ3n) is 5.36. The summed E-state index contributed by atoms with van der Waals surface area (Å²) in [4.78, 5) is 17.8. The van der Waals surface area contributed by atoms with Crippen LogP contribution in [-0.2, 0) is 11.8 Å². The van der Waals surface area contributed by atoms with Gasteiger partial charge in [-0.1, -0.05) is 0 Å².